The molecule has 0 saturated carbocycles. The summed E-state index contributed by atoms with van der Waals surface area (Å²) >= 11 is 4.73. The van der Waals surface area contributed by atoms with Crippen molar-refractivity contribution in [2.24, 2.45) is 5.92 Å². The zero-order chi connectivity index (χ0) is 34.9. The number of ether oxygens (including phenoxy) is 9. The van der Waals surface area contributed by atoms with Gasteiger partial charge in [-0.3, -0.25) is 4.79 Å². The van der Waals surface area contributed by atoms with Gasteiger partial charge >= 0.3 is 5.97 Å². The van der Waals surface area contributed by atoms with Crippen molar-refractivity contribution in [2.45, 2.75) is 168 Å². The van der Waals surface area contributed by atoms with Gasteiger partial charge in [-0.1, -0.05) is 80.6 Å². The van der Waals surface area contributed by atoms with E-state index in [0.717, 1.165) is 64.2 Å². The van der Waals surface area contributed by atoms with Crippen LogP contribution in [0.4, 0.5) is 0 Å². The largest absolute Gasteiger partial charge is 0.454 e. The zero-order valence-corrected chi connectivity index (χ0v) is 31.8. The van der Waals surface area contributed by atoms with Crippen LogP contribution in [-0.2, 0) is 47.4 Å². The standard InChI is InChI=1S/C36H70O10S/c1-9-14-19-38-24-29(30(25-39-20-15-10-2)46-36(47)27(6)7)44-35-34(43-28(8)37)33(42-23-18-13-5)32(41-22-17-12-4)31(45-35)26-40-21-16-11-3/h27,29-36,47H,9-26H2,1-8H3/t29-,30?,31?,32-,33?,34-,35+,36-/m0/s1. The maximum atomic E-state index is 12.6. The van der Waals surface area contributed by atoms with E-state index in [1.54, 1.807) is 0 Å². The number of carbonyl (C=O) groups excluding carboxylic acids is 1. The number of hydrogen-bond acceptors (Lipinski definition) is 11. The molecule has 280 valence electrons. The van der Waals surface area contributed by atoms with Gasteiger partial charge in [0, 0.05) is 40.0 Å². The van der Waals surface area contributed by atoms with Crippen molar-refractivity contribution in [3.63, 3.8) is 0 Å². The summed E-state index contributed by atoms with van der Waals surface area (Å²) in [4.78, 5) is 12.6. The summed E-state index contributed by atoms with van der Waals surface area (Å²) in [5, 5.41) is 0. The summed E-state index contributed by atoms with van der Waals surface area (Å²) in [5.74, 6) is -0.303. The molecule has 0 aromatic rings. The lowest BCUT2D eigenvalue weighted by atomic mass is 9.97. The molecule has 1 saturated heterocycles. The Kier molecular flexibility index (Phi) is 26.7. The second kappa shape index (κ2) is 28.2. The van der Waals surface area contributed by atoms with Crippen LogP contribution in [0.3, 0.4) is 0 Å². The molecule has 11 heteroatoms. The van der Waals surface area contributed by atoms with Crippen molar-refractivity contribution in [2.75, 3.05) is 52.9 Å². The zero-order valence-electron chi connectivity index (χ0n) is 31.0. The van der Waals surface area contributed by atoms with Crippen molar-refractivity contribution >= 4 is 18.6 Å². The molecule has 0 amide bonds. The van der Waals surface area contributed by atoms with Gasteiger partial charge in [0.15, 0.2) is 12.4 Å². The highest BCUT2D eigenvalue weighted by Crippen LogP contribution is 2.32. The molecule has 8 atom stereocenters. The summed E-state index contributed by atoms with van der Waals surface area (Å²) in [7, 11) is 0. The Balaban J connectivity index is 3.52. The summed E-state index contributed by atoms with van der Waals surface area (Å²) in [6.07, 6.45) is 4.87. The number of esters is 1. The van der Waals surface area contributed by atoms with Crippen molar-refractivity contribution in [3.05, 3.63) is 0 Å². The fraction of sp³-hybridized carbons (Fsp3) is 0.972. The Labute approximate surface area is 292 Å². The minimum atomic E-state index is -0.990. The lowest BCUT2D eigenvalue weighted by Gasteiger charge is -2.46. The highest BCUT2D eigenvalue weighted by molar-refractivity contribution is 7.80. The van der Waals surface area contributed by atoms with Gasteiger partial charge in [-0.15, -0.1) is 12.6 Å². The van der Waals surface area contributed by atoms with Crippen molar-refractivity contribution in [1.29, 1.82) is 0 Å². The molecule has 1 aliphatic heterocycles. The number of carbonyl (C=O) groups is 1. The van der Waals surface area contributed by atoms with E-state index < -0.39 is 48.9 Å². The van der Waals surface area contributed by atoms with Crippen LogP contribution in [0.2, 0.25) is 0 Å². The molecule has 1 rings (SSSR count). The number of rotatable bonds is 30. The smallest absolute Gasteiger partial charge is 0.303 e. The van der Waals surface area contributed by atoms with Gasteiger partial charge in [-0.05, 0) is 38.0 Å². The second-order valence-electron chi connectivity index (χ2n) is 12.8. The molecule has 1 heterocycles. The molecule has 10 nitrogen and oxygen atoms in total. The van der Waals surface area contributed by atoms with Gasteiger partial charge in [0.2, 0.25) is 0 Å². The van der Waals surface area contributed by atoms with Crippen LogP contribution >= 0.6 is 12.6 Å². The minimum Gasteiger partial charge on any atom is -0.454 e. The Morgan fingerprint density at radius 1 is 0.681 bits per heavy atom. The Morgan fingerprint density at radius 3 is 1.68 bits per heavy atom. The molecule has 0 radical (unpaired) electrons. The Morgan fingerprint density at radius 2 is 1.17 bits per heavy atom. The third kappa shape index (κ3) is 18.9. The number of unbranched alkanes of at least 4 members (excludes halogenated alkanes) is 5. The lowest BCUT2D eigenvalue weighted by Crippen LogP contribution is -2.63. The van der Waals surface area contributed by atoms with Gasteiger partial charge in [0.25, 0.3) is 0 Å². The first-order chi connectivity index (χ1) is 22.7. The van der Waals surface area contributed by atoms with Gasteiger partial charge in [-0.2, -0.15) is 0 Å². The molecule has 0 spiro atoms. The lowest BCUT2D eigenvalue weighted by molar-refractivity contribution is -0.335. The average molecular weight is 695 g/mol. The first-order valence-electron chi connectivity index (χ1n) is 18.5. The van der Waals surface area contributed by atoms with Crippen LogP contribution < -0.4 is 0 Å². The quantitative estimate of drug-likeness (QED) is 0.0361. The van der Waals surface area contributed by atoms with E-state index in [1.807, 2.05) is 0 Å². The second-order valence-corrected chi connectivity index (χ2v) is 13.3. The molecule has 0 aromatic carbocycles. The van der Waals surface area contributed by atoms with E-state index >= 15 is 0 Å². The molecule has 1 aliphatic rings. The predicted octanol–water partition coefficient (Wildman–Crippen LogP) is 7.15. The summed E-state index contributed by atoms with van der Waals surface area (Å²) in [6.45, 7) is 19.7. The number of hydrogen-bond donors (Lipinski definition) is 1. The third-order valence-corrected chi connectivity index (χ3v) is 8.61. The van der Waals surface area contributed by atoms with Crippen LogP contribution in [0, 0.1) is 5.92 Å². The Hall–Kier alpha value is -0.500. The van der Waals surface area contributed by atoms with E-state index in [9.17, 15) is 4.79 Å². The molecular formula is C36H70O10S. The van der Waals surface area contributed by atoms with Gasteiger partial charge < -0.3 is 42.6 Å². The molecule has 3 unspecified atom stereocenters. The first kappa shape index (κ1) is 44.5. The molecule has 0 aliphatic carbocycles. The van der Waals surface area contributed by atoms with Crippen molar-refractivity contribution in [3.8, 4) is 0 Å². The van der Waals surface area contributed by atoms with E-state index in [4.69, 9.17) is 55.3 Å². The third-order valence-electron chi connectivity index (χ3n) is 7.89. The molecular weight excluding hydrogens is 624 g/mol. The molecule has 1 fully saturated rings. The fourth-order valence-corrected chi connectivity index (χ4v) is 5.03. The van der Waals surface area contributed by atoms with Crippen molar-refractivity contribution in [1.82, 2.24) is 0 Å². The predicted molar refractivity (Wildman–Crippen MR) is 188 cm³/mol. The topological polar surface area (TPSA) is 100 Å². The maximum Gasteiger partial charge on any atom is 0.303 e. The summed E-state index contributed by atoms with van der Waals surface area (Å²) in [6, 6.07) is 0. The summed E-state index contributed by atoms with van der Waals surface area (Å²) in [5.41, 5.74) is -0.353. The molecule has 47 heavy (non-hydrogen) atoms. The van der Waals surface area contributed by atoms with Gasteiger partial charge in [-0.25, -0.2) is 0 Å². The monoisotopic (exact) mass is 694 g/mol. The Bertz CT molecular complexity index is 745. The number of thiol groups is 1. The fourth-order valence-electron chi connectivity index (χ4n) is 4.87. The van der Waals surface area contributed by atoms with Crippen LogP contribution in [-0.4, -0.2) is 107 Å². The molecule has 0 aromatic heterocycles. The summed E-state index contributed by atoms with van der Waals surface area (Å²) < 4.78 is 57.1. The van der Waals surface area contributed by atoms with Crippen molar-refractivity contribution < 1.29 is 47.4 Å². The van der Waals surface area contributed by atoms with E-state index in [0.29, 0.717) is 46.2 Å². The van der Waals surface area contributed by atoms with Crippen LogP contribution in [0.25, 0.3) is 0 Å². The molecule has 0 bridgehead atoms. The van der Waals surface area contributed by atoms with Crippen LogP contribution in [0.1, 0.15) is 120 Å². The normalized spacial score (nSPS) is 23.6. The van der Waals surface area contributed by atoms with Gasteiger partial charge in [0.05, 0.1) is 19.8 Å². The molecule has 0 N–H and O–H groups in total. The first-order valence-corrected chi connectivity index (χ1v) is 19.0. The van der Waals surface area contributed by atoms with Crippen LogP contribution in [0.15, 0.2) is 0 Å². The average Bonchev–Trinajstić information content (AvgIpc) is 3.04. The van der Waals surface area contributed by atoms with E-state index in [-0.39, 0.29) is 18.0 Å². The van der Waals surface area contributed by atoms with E-state index in [2.05, 4.69) is 48.5 Å². The van der Waals surface area contributed by atoms with Crippen LogP contribution in [0.5, 0.6) is 0 Å². The highest BCUT2D eigenvalue weighted by Gasteiger charge is 2.51. The van der Waals surface area contributed by atoms with Gasteiger partial charge in [0.1, 0.15) is 36.0 Å². The highest BCUT2D eigenvalue weighted by atomic mass is 32.1. The van der Waals surface area contributed by atoms with E-state index in [1.165, 1.54) is 6.92 Å². The maximum absolute atomic E-state index is 12.6. The minimum absolute atomic E-state index is 0.153. The SMILES string of the molecule is CCCCOCC1O[C@@H](O[C@@H](COCCCC)C(COCCCC)O[C@@H](S)C(C)C)[C@@H](OC(C)=O)C(OCCCC)[C@H]1OCCCC.